The van der Waals surface area contributed by atoms with Crippen LogP contribution in [0.3, 0.4) is 0 Å². The number of unbranched alkanes of at least 4 members (excludes halogenated alkanes) is 1. The lowest BCUT2D eigenvalue weighted by Gasteiger charge is -2.22. The smallest absolute Gasteiger partial charge is 0.251 e. The summed E-state index contributed by atoms with van der Waals surface area (Å²) in [6, 6.07) is 22.1. The number of nitrogens with two attached hydrogens (primary N) is 1. The fraction of sp³-hybridized carbons (Fsp3) is 0.241. The summed E-state index contributed by atoms with van der Waals surface area (Å²) >= 11 is 1.59. The monoisotopic (exact) mass is 502 g/mol. The maximum absolute atomic E-state index is 13.3. The zero-order valence-electron chi connectivity index (χ0n) is 20.4. The number of aromatic nitrogens is 1. The molecule has 0 aliphatic heterocycles. The Balaban J connectivity index is 1.40. The predicted molar refractivity (Wildman–Crippen MR) is 145 cm³/mol. The molecule has 1 aromatic heterocycles. The summed E-state index contributed by atoms with van der Waals surface area (Å²) in [5, 5.41) is 5.93. The molecule has 0 aliphatic carbocycles. The number of nitrogens with one attached hydrogen (secondary N) is 1. The van der Waals surface area contributed by atoms with Crippen molar-refractivity contribution in [2.24, 2.45) is 5.73 Å². The third kappa shape index (κ3) is 6.77. The minimum atomic E-state index is -0.253. The second-order valence-electron chi connectivity index (χ2n) is 8.70. The summed E-state index contributed by atoms with van der Waals surface area (Å²) in [6.07, 6.45) is 2.14. The molecule has 0 saturated heterocycles. The first kappa shape index (κ1) is 25.5. The molecule has 36 heavy (non-hydrogen) atoms. The topological polar surface area (TPSA) is 71.2 Å². The molecule has 1 heterocycles. The molecule has 0 atom stereocenters. The van der Waals surface area contributed by atoms with Crippen molar-refractivity contribution in [3.63, 3.8) is 0 Å². The third-order valence-corrected chi connectivity index (χ3v) is 6.86. The lowest BCUT2D eigenvalue weighted by atomic mass is 10.1. The molecule has 0 bridgehead atoms. The van der Waals surface area contributed by atoms with Gasteiger partial charge in [0, 0.05) is 42.7 Å². The van der Waals surface area contributed by atoms with Gasteiger partial charge in [-0.15, -0.1) is 11.3 Å². The van der Waals surface area contributed by atoms with Crippen molar-refractivity contribution < 1.29 is 9.18 Å². The number of anilines is 1. The van der Waals surface area contributed by atoms with E-state index in [9.17, 15) is 9.18 Å². The molecule has 0 spiro atoms. The maximum Gasteiger partial charge on any atom is 0.251 e. The van der Waals surface area contributed by atoms with Gasteiger partial charge >= 0.3 is 0 Å². The molecule has 0 radical (unpaired) electrons. The van der Waals surface area contributed by atoms with Crippen LogP contribution in [0.25, 0.3) is 11.3 Å². The van der Waals surface area contributed by atoms with Crippen LogP contribution in [0.5, 0.6) is 0 Å². The summed E-state index contributed by atoms with van der Waals surface area (Å²) in [5.41, 5.74) is 11.3. The van der Waals surface area contributed by atoms with Crippen molar-refractivity contribution in [3.05, 3.63) is 106 Å². The average molecular weight is 503 g/mol. The van der Waals surface area contributed by atoms with E-state index in [1.807, 2.05) is 53.9 Å². The van der Waals surface area contributed by atoms with Gasteiger partial charge in [0.25, 0.3) is 5.91 Å². The van der Waals surface area contributed by atoms with E-state index in [-0.39, 0.29) is 11.7 Å². The summed E-state index contributed by atoms with van der Waals surface area (Å²) in [7, 11) is 0. The Morgan fingerprint density at radius 3 is 2.50 bits per heavy atom. The van der Waals surface area contributed by atoms with E-state index in [0.29, 0.717) is 25.2 Å². The van der Waals surface area contributed by atoms with E-state index in [4.69, 9.17) is 10.7 Å². The first-order chi connectivity index (χ1) is 17.6. The van der Waals surface area contributed by atoms with Gasteiger partial charge in [-0.05, 0) is 59.5 Å². The number of benzene rings is 3. The number of hydrogen-bond acceptors (Lipinski definition) is 5. The molecule has 0 unspecified atom stereocenters. The standard InChI is InChI=1S/C29H31FN4OS/c1-2-3-15-34(29-33-27(20-36-29)24-11-13-26(30)14-12-24)19-21-7-9-25(10-8-21)28(35)32-18-23-6-4-5-22(16-23)17-31/h4-14,16,20H,2-3,15,17-19,31H2,1H3,(H,32,35). The lowest BCUT2D eigenvalue weighted by Crippen LogP contribution is -2.24. The lowest BCUT2D eigenvalue weighted by molar-refractivity contribution is 0.0951. The molecule has 0 saturated carbocycles. The number of carbonyl (C=O) groups is 1. The Morgan fingerprint density at radius 2 is 1.78 bits per heavy atom. The van der Waals surface area contributed by atoms with Crippen LogP contribution >= 0.6 is 11.3 Å². The van der Waals surface area contributed by atoms with Crippen molar-refractivity contribution in [1.29, 1.82) is 0 Å². The predicted octanol–water partition coefficient (Wildman–Crippen LogP) is 6.14. The van der Waals surface area contributed by atoms with Crippen molar-refractivity contribution in [2.45, 2.75) is 39.4 Å². The van der Waals surface area contributed by atoms with Crippen molar-refractivity contribution in [1.82, 2.24) is 10.3 Å². The number of thiazole rings is 1. The van der Waals surface area contributed by atoms with E-state index in [0.717, 1.165) is 52.5 Å². The molecule has 4 aromatic rings. The Kier molecular flexibility index (Phi) is 8.81. The zero-order valence-corrected chi connectivity index (χ0v) is 21.2. The largest absolute Gasteiger partial charge is 0.348 e. The summed E-state index contributed by atoms with van der Waals surface area (Å²) in [4.78, 5) is 19.7. The van der Waals surface area contributed by atoms with E-state index in [1.165, 1.54) is 12.1 Å². The molecule has 0 aliphatic rings. The van der Waals surface area contributed by atoms with Crippen LogP contribution in [0.15, 0.2) is 78.2 Å². The molecule has 4 rings (SSSR count). The highest BCUT2D eigenvalue weighted by molar-refractivity contribution is 7.14. The van der Waals surface area contributed by atoms with E-state index in [1.54, 1.807) is 23.5 Å². The molecule has 7 heteroatoms. The fourth-order valence-corrected chi connectivity index (χ4v) is 4.75. The molecule has 186 valence electrons. The first-order valence-corrected chi connectivity index (χ1v) is 13.0. The van der Waals surface area contributed by atoms with Crippen LogP contribution in [0.4, 0.5) is 9.52 Å². The van der Waals surface area contributed by atoms with E-state index >= 15 is 0 Å². The number of rotatable bonds is 11. The molecular formula is C29H31FN4OS. The molecule has 0 fully saturated rings. The van der Waals surface area contributed by atoms with E-state index < -0.39 is 0 Å². The van der Waals surface area contributed by atoms with Crippen LogP contribution < -0.4 is 16.0 Å². The average Bonchev–Trinajstić information content (AvgIpc) is 3.41. The summed E-state index contributed by atoms with van der Waals surface area (Å²) in [5.74, 6) is -0.358. The SMILES string of the molecule is CCCCN(Cc1ccc(C(=O)NCc2cccc(CN)c2)cc1)c1nc(-c2ccc(F)cc2)cs1. The van der Waals surface area contributed by atoms with Gasteiger partial charge in [0.05, 0.1) is 5.69 Å². The minimum absolute atomic E-state index is 0.105. The normalized spacial score (nSPS) is 10.9. The van der Waals surface area contributed by atoms with Gasteiger partial charge in [0.1, 0.15) is 5.82 Å². The van der Waals surface area contributed by atoms with Crippen LogP contribution in [-0.4, -0.2) is 17.4 Å². The van der Waals surface area contributed by atoms with Crippen LogP contribution in [0, 0.1) is 5.82 Å². The Bertz CT molecular complexity index is 1270. The van der Waals surface area contributed by atoms with Crippen LogP contribution in [0.2, 0.25) is 0 Å². The van der Waals surface area contributed by atoms with Gasteiger partial charge < -0.3 is 16.0 Å². The molecular weight excluding hydrogens is 471 g/mol. The quantitative estimate of drug-likeness (QED) is 0.258. The number of carbonyl (C=O) groups excluding carboxylic acids is 1. The zero-order chi connectivity index (χ0) is 25.3. The highest BCUT2D eigenvalue weighted by Crippen LogP contribution is 2.29. The van der Waals surface area contributed by atoms with Gasteiger partial charge in [-0.2, -0.15) is 0 Å². The van der Waals surface area contributed by atoms with Crippen molar-refractivity contribution in [2.75, 3.05) is 11.4 Å². The number of amides is 1. The van der Waals surface area contributed by atoms with Crippen LogP contribution in [-0.2, 0) is 19.6 Å². The summed E-state index contributed by atoms with van der Waals surface area (Å²) in [6.45, 7) is 4.69. The highest BCUT2D eigenvalue weighted by atomic mass is 32.1. The molecule has 5 nitrogen and oxygen atoms in total. The fourth-order valence-electron chi connectivity index (χ4n) is 3.89. The van der Waals surface area contributed by atoms with E-state index in [2.05, 4.69) is 17.1 Å². The Labute approximate surface area is 215 Å². The number of halogens is 1. The van der Waals surface area contributed by atoms with Crippen molar-refractivity contribution in [3.8, 4) is 11.3 Å². The third-order valence-electron chi connectivity index (χ3n) is 5.95. The second-order valence-corrected chi connectivity index (χ2v) is 9.54. The first-order valence-electron chi connectivity index (χ1n) is 12.2. The van der Waals surface area contributed by atoms with Crippen LogP contribution in [0.1, 0.15) is 46.8 Å². The highest BCUT2D eigenvalue weighted by Gasteiger charge is 2.14. The van der Waals surface area contributed by atoms with Gasteiger partial charge in [0.2, 0.25) is 0 Å². The van der Waals surface area contributed by atoms with Gasteiger partial charge in [-0.1, -0.05) is 49.7 Å². The van der Waals surface area contributed by atoms with Gasteiger partial charge in [-0.25, -0.2) is 9.37 Å². The molecule has 3 N–H and O–H groups in total. The van der Waals surface area contributed by atoms with Gasteiger partial charge in [0.15, 0.2) is 5.13 Å². The Hall–Kier alpha value is -3.55. The summed E-state index contributed by atoms with van der Waals surface area (Å²) < 4.78 is 13.3. The number of nitrogens with zero attached hydrogens (tertiary/aromatic N) is 2. The number of hydrogen-bond donors (Lipinski definition) is 2. The minimum Gasteiger partial charge on any atom is -0.348 e. The maximum atomic E-state index is 13.3. The van der Waals surface area contributed by atoms with Gasteiger partial charge in [-0.3, -0.25) is 4.79 Å². The molecule has 1 amide bonds. The molecule has 3 aromatic carbocycles. The second kappa shape index (κ2) is 12.4. The van der Waals surface area contributed by atoms with Crippen molar-refractivity contribution >= 4 is 22.4 Å². The Morgan fingerprint density at radius 1 is 1.03 bits per heavy atom.